The first kappa shape index (κ1) is 17.1. The van der Waals surface area contributed by atoms with Crippen LogP contribution in [-0.4, -0.2) is 36.3 Å². The zero-order valence-electron chi connectivity index (χ0n) is 15.1. The highest BCUT2D eigenvalue weighted by Crippen LogP contribution is 2.36. The Hall–Kier alpha value is -3.35. The van der Waals surface area contributed by atoms with Crippen molar-refractivity contribution in [2.45, 2.75) is 13.3 Å². The molecule has 1 aliphatic heterocycles. The van der Waals surface area contributed by atoms with Crippen molar-refractivity contribution in [1.29, 1.82) is 0 Å². The Morgan fingerprint density at radius 1 is 1.15 bits per heavy atom. The Kier molecular flexibility index (Phi) is 4.50. The van der Waals surface area contributed by atoms with Gasteiger partial charge in [0.1, 0.15) is 11.5 Å². The Morgan fingerprint density at radius 3 is 2.67 bits per heavy atom. The van der Waals surface area contributed by atoms with Crippen LogP contribution in [0.2, 0.25) is 0 Å². The minimum absolute atomic E-state index is 0.0477. The monoisotopic (exact) mass is 365 g/mol. The molecule has 0 fully saturated rings. The minimum atomic E-state index is -0.0477. The van der Waals surface area contributed by atoms with E-state index in [4.69, 9.17) is 14.0 Å². The standard InChI is InChI=1S/C20H19N3O4/c1-3-10-23-16-11-14(6-9-17(16)26-12-18(23)24)19-21-20(27-22-19)13-4-7-15(25-2)8-5-13/h4-9,11H,3,10,12H2,1-2H3. The van der Waals surface area contributed by atoms with Crippen molar-refractivity contribution < 1.29 is 18.8 Å². The number of nitrogens with zero attached hydrogens (tertiary/aromatic N) is 3. The number of hydrogen-bond donors (Lipinski definition) is 0. The van der Waals surface area contributed by atoms with Crippen LogP contribution in [-0.2, 0) is 4.79 Å². The number of aromatic nitrogens is 2. The lowest BCUT2D eigenvalue weighted by atomic mass is 10.1. The number of fused-ring (bicyclic) bond motifs is 1. The van der Waals surface area contributed by atoms with E-state index >= 15 is 0 Å². The predicted octanol–water partition coefficient (Wildman–Crippen LogP) is 3.55. The van der Waals surface area contributed by atoms with Crippen LogP contribution in [0.15, 0.2) is 47.0 Å². The second-order valence-corrected chi connectivity index (χ2v) is 6.17. The summed E-state index contributed by atoms with van der Waals surface area (Å²) in [5.41, 5.74) is 2.30. The summed E-state index contributed by atoms with van der Waals surface area (Å²) in [7, 11) is 1.62. The van der Waals surface area contributed by atoms with Gasteiger partial charge in [-0.1, -0.05) is 12.1 Å². The van der Waals surface area contributed by atoms with Gasteiger partial charge in [0.15, 0.2) is 6.61 Å². The van der Waals surface area contributed by atoms with E-state index in [1.165, 1.54) is 0 Å². The summed E-state index contributed by atoms with van der Waals surface area (Å²) in [6.45, 7) is 2.74. The average molecular weight is 365 g/mol. The zero-order valence-corrected chi connectivity index (χ0v) is 15.1. The number of methoxy groups -OCH3 is 1. The molecule has 3 aromatic rings. The zero-order chi connectivity index (χ0) is 18.8. The topological polar surface area (TPSA) is 77.7 Å². The number of benzene rings is 2. The second-order valence-electron chi connectivity index (χ2n) is 6.17. The maximum atomic E-state index is 12.2. The normalized spacial score (nSPS) is 13.3. The van der Waals surface area contributed by atoms with Gasteiger partial charge in [-0.3, -0.25) is 4.79 Å². The smallest absolute Gasteiger partial charge is 0.265 e. The Morgan fingerprint density at radius 2 is 1.93 bits per heavy atom. The Labute approximate surface area is 156 Å². The van der Waals surface area contributed by atoms with Gasteiger partial charge >= 0.3 is 0 Å². The summed E-state index contributed by atoms with van der Waals surface area (Å²) < 4.78 is 16.1. The summed E-state index contributed by atoms with van der Waals surface area (Å²) in [5, 5.41) is 4.08. The summed E-state index contributed by atoms with van der Waals surface area (Å²) in [5.74, 6) is 2.27. The molecule has 1 amide bonds. The summed E-state index contributed by atoms with van der Waals surface area (Å²) >= 11 is 0. The molecule has 27 heavy (non-hydrogen) atoms. The van der Waals surface area contributed by atoms with Crippen molar-refractivity contribution >= 4 is 11.6 Å². The van der Waals surface area contributed by atoms with E-state index < -0.39 is 0 Å². The molecule has 138 valence electrons. The van der Waals surface area contributed by atoms with Gasteiger partial charge in [-0.15, -0.1) is 0 Å². The van der Waals surface area contributed by atoms with Crippen LogP contribution in [0.3, 0.4) is 0 Å². The number of hydrogen-bond acceptors (Lipinski definition) is 6. The van der Waals surface area contributed by atoms with E-state index in [2.05, 4.69) is 10.1 Å². The maximum absolute atomic E-state index is 12.2. The predicted molar refractivity (Wildman–Crippen MR) is 99.9 cm³/mol. The molecule has 2 aromatic carbocycles. The maximum Gasteiger partial charge on any atom is 0.265 e. The van der Waals surface area contributed by atoms with Crippen molar-refractivity contribution in [1.82, 2.24) is 10.1 Å². The molecule has 7 heteroatoms. The second kappa shape index (κ2) is 7.11. The number of rotatable bonds is 5. The lowest BCUT2D eigenvalue weighted by Crippen LogP contribution is -2.39. The molecular formula is C20H19N3O4. The fourth-order valence-corrected chi connectivity index (χ4v) is 3.00. The third-order valence-corrected chi connectivity index (χ3v) is 4.37. The molecule has 0 N–H and O–H groups in total. The quantitative estimate of drug-likeness (QED) is 0.688. The van der Waals surface area contributed by atoms with Crippen LogP contribution in [0.1, 0.15) is 13.3 Å². The van der Waals surface area contributed by atoms with Gasteiger partial charge in [0.2, 0.25) is 5.82 Å². The van der Waals surface area contributed by atoms with Crippen LogP contribution in [0, 0.1) is 0 Å². The van der Waals surface area contributed by atoms with Gasteiger partial charge in [0.05, 0.1) is 12.8 Å². The molecule has 0 saturated carbocycles. The lowest BCUT2D eigenvalue weighted by molar-refractivity contribution is -0.121. The first-order valence-electron chi connectivity index (χ1n) is 8.75. The number of carbonyl (C=O) groups excluding carboxylic acids is 1. The summed E-state index contributed by atoms with van der Waals surface area (Å²) in [6.07, 6.45) is 0.860. The van der Waals surface area contributed by atoms with E-state index in [-0.39, 0.29) is 12.5 Å². The largest absolute Gasteiger partial charge is 0.497 e. The summed E-state index contributed by atoms with van der Waals surface area (Å²) in [6, 6.07) is 13.0. The number of carbonyl (C=O) groups is 1. The molecule has 0 unspecified atom stereocenters. The summed E-state index contributed by atoms with van der Waals surface area (Å²) in [4.78, 5) is 18.4. The molecule has 1 aromatic heterocycles. The minimum Gasteiger partial charge on any atom is -0.497 e. The first-order chi connectivity index (χ1) is 13.2. The third-order valence-electron chi connectivity index (χ3n) is 4.37. The van der Waals surface area contributed by atoms with E-state index in [0.29, 0.717) is 24.0 Å². The number of amides is 1. The third kappa shape index (κ3) is 3.23. The van der Waals surface area contributed by atoms with Crippen molar-refractivity contribution in [2.75, 3.05) is 25.2 Å². The molecule has 0 bridgehead atoms. The van der Waals surface area contributed by atoms with Crippen LogP contribution in [0.25, 0.3) is 22.8 Å². The van der Waals surface area contributed by atoms with E-state index in [0.717, 1.165) is 29.0 Å². The highest BCUT2D eigenvalue weighted by Gasteiger charge is 2.25. The molecular weight excluding hydrogens is 346 g/mol. The van der Waals surface area contributed by atoms with Crippen LogP contribution in [0.4, 0.5) is 5.69 Å². The Balaban J connectivity index is 1.66. The number of anilines is 1. The molecule has 2 heterocycles. The van der Waals surface area contributed by atoms with Crippen LogP contribution < -0.4 is 14.4 Å². The van der Waals surface area contributed by atoms with Gasteiger partial charge in [0, 0.05) is 17.7 Å². The van der Waals surface area contributed by atoms with Crippen molar-refractivity contribution in [3.63, 3.8) is 0 Å². The van der Waals surface area contributed by atoms with Crippen LogP contribution in [0.5, 0.6) is 11.5 Å². The molecule has 4 rings (SSSR count). The van der Waals surface area contributed by atoms with E-state index in [1.54, 1.807) is 12.0 Å². The van der Waals surface area contributed by atoms with Gasteiger partial charge in [-0.25, -0.2) is 0 Å². The van der Waals surface area contributed by atoms with E-state index in [1.807, 2.05) is 49.4 Å². The van der Waals surface area contributed by atoms with Crippen molar-refractivity contribution in [3.8, 4) is 34.3 Å². The molecule has 7 nitrogen and oxygen atoms in total. The fraction of sp³-hybridized carbons (Fsp3) is 0.250. The highest BCUT2D eigenvalue weighted by molar-refractivity contribution is 5.98. The fourth-order valence-electron chi connectivity index (χ4n) is 3.00. The SMILES string of the molecule is CCCN1C(=O)COc2ccc(-c3noc(-c4ccc(OC)cc4)n3)cc21. The Bertz CT molecular complexity index is 966. The first-order valence-corrected chi connectivity index (χ1v) is 8.75. The highest BCUT2D eigenvalue weighted by atomic mass is 16.5. The van der Waals surface area contributed by atoms with Crippen molar-refractivity contribution in [2.24, 2.45) is 0 Å². The lowest BCUT2D eigenvalue weighted by Gasteiger charge is -2.29. The molecule has 0 aliphatic carbocycles. The van der Waals surface area contributed by atoms with Crippen LogP contribution >= 0.6 is 0 Å². The van der Waals surface area contributed by atoms with E-state index in [9.17, 15) is 4.79 Å². The van der Waals surface area contributed by atoms with Gasteiger partial charge < -0.3 is 18.9 Å². The molecule has 0 atom stereocenters. The average Bonchev–Trinajstić information content (AvgIpc) is 3.20. The molecule has 0 spiro atoms. The van der Waals surface area contributed by atoms with Crippen molar-refractivity contribution in [3.05, 3.63) is 42.5 Å². The number of ether oxygens (including phenoxy) is 2. The van der Waals surface area contributed by atoms with Gasteiger partial charge in [0.25, 0.3) is 11.8 Å². The molecule has 1 aliphatic rings. The van der Waals surface area contributed by atoms with Gasteiger partial charge in [-0.05, 0) is 48.9 Å². The molecule has 0 saturated heterocycles. The van der Waals surface area contributed by atoms with Gasteiger partial charge in [-0.2, -0.15) is 4.98 Å². The molecule has 0 radical (unpaired) electrons.